The second-order valence-electron chi connectivity index (χ2n) is 5.62. The van der Waals surface area contributed by atoms with Gasteiger partial charge >= 0.3 is 0 Å². The first kappa shape index (κ1) is 18.3. The number of nitrogens with one attached hydrogen (secondary N) is 2. The lowest BCUT2D eigenvalue weighted by atomic mass is 10.2. The molecule has 130 valence electrons. The Kier molecular flexibility index (Phi) is 7.08. The highest BCUT2D eigenvalue weighted by Gasteiger charge is 2.11. The maximum Gasteiger partial charge on any atom is 0.226 e. The third-order valence-electron chi connectivity index (χ3n) is 3.37. The molecule has 1 heterocycles. The Morgan fingerprint density at radius 3 is 3.00 bits per heavy atom. The summed E-state index contributed by atoms with van der Waals surface area (Å²) in [5, 5.41) is 11.1. The maximum atomic E-state index is 12.1. The smallest absolute Gasteiger partial charge is 0.226 e. The molecule has 0 aliphatic carbocycles. The molecule has 2 rings (SSSR count). The molecule has 0 fully saturated rings. The molecule has 1 unspecified atom stereocenters. The van der Waals surface area contributed by atoms with Gasteiger partial charge in [0.15, 0.2) is 0 Å². The zero-order chi connectivity index (χ0) is 17.4. The Morgan fingerprint density at radius 1 is 1.42 bits per heavy atom. The molecule has 1 aromatic carbocycles. The standard InChI is InChI=1S/C17H23ClN4O2/c1-13(11-17(23)20-15-6-3-5-14(18)12-15)19-16-7-9-22(21-16)8-4-10-24-2/h3,5-7,9,12-13H,4,8,10-11H2,1-2H3,(H,19,21)(H,20,23). The minimum Gasteiger partial charge on any atom is -0.385 e. The highest BCUT2D eigenvalue weighted by molar-refractivity contribution is 6.30. The summed E-state index contributed by atoms with van der Waals surface area (Å²) in [4.78, 5) is 12.1. The number of aryl methyl sites for hydroxylation is 1. The van der Waals surface area contributed by atoms with Crippen molar-refractivity contribution in [2.24, 2.45) is 0 Å². The van der Waals surface area contributed by atoms with Crippen molar-refractivity contribution in [2.75, 3.05) is 24.4 Å². The van der Waals surface area contributed by atoms with Crippen molar-refractivity contribution < 1.29 is 9.53 Å². The number of carbonyl (C=O) groups is 1. The summed E-state index contributed by atoms with van der Waals surface area (Å²) < 4.78 is 6.89. The van der Waals surface area contributed by atoms with Gasteiger partial charge in [-0.15, -0.1) is 0 Å². The highest BCUT2D eigenvalue weighted by atomic mass is 35.5. The molecule has 6 nitrogen and oxygen atoms in total. The van der Waals surface area contributed by atoms with E-state index in [2.05, 4.69) is 15.7 Å². The summed E-state index contributed by atoms with van der Waals surface area (Å²) in [5.41, 5.74) is 0.696. The van der Waals surface area contributed by atoms with Crippen molar-refractivity contribution in [1.29, 1.82) is 0 Å². The summed E-state index contributed by atoms with van der Waals surface area (Å²) in [7, 11) is 1.69. The number of carbonyl (C=O) groups excluding carboxylic acids is 1. The highest BCUT2D eigenvalue weighted by Crippen LogP contribution is 2.15. The first-order chi connectivity index (χ1) is 11.6. The summed E-state index contributed by atoms with van der Waals surface area (Å²) in [6, 6.07) is 8.97. The minimum absolute atomic E-state index is 0.0356. The van der Waals surface area contributed by atoms with Gasteiger partial charge in [-0.2, -0.15) is 5.10 Å². The van der Waals surface area contributed by atoms with Gasteiger partial charge in [-0.25, -0.2) is 0 Å². The molecule has 0 spiro atoms. The predicted octanol–water partition coefficient (Wildman–Crippen LogP) is 3.40. The molecule has 0 aliphatic rings. The van der Waals surface area contributed by atoms with Crippen LogP contribution in [0.15, 0.2) is 36.5 Å². The van der Waals surface area contributed by atoms with Gasteiger partial charge in [-0.1, -0.05) is 17.7 Å². The van der Waals surface area contributed by atoms with Crippen LogP contribution in [0.3, 0.4) is 0 Å². The number of halogens is 1. The summed E-state index contributed by atoms with van der Waals surface area (Å²) in [6.07, 6.45) is 3.16. The first-order valence-electron chi connectivity index (χ1n) is 7.91. The van der Waals surface area contributed by atoms with Gasteiger partial charge in [0, 0.05) is 55.7 Å². The van der Waals surface area contributed by atoms with Crippen molar-refractivity contribution in [2.45, 2.75) is 32.4 Å². The number of amides is 1. The monoisotopic (exact) mass is 350 g/mol. The molecular formula is C17H23ClN4O2. The van der Waals surface area contributed by atoms with Crippen molar-refractivity contribution in [3.63, 3.8) is 0 Å². The number of anilines is 2. The van der Waals surface area contributed by atoms with E-state index in [9.17, 15) is 4.79 Å². The zero-order valence-electron chi connectivity index (χ0n) is 14.0. The van der Waals surface area contributed by atoms with Gasteiger partial charge in [0.1, 0.15) is 5.82 Å². The second kappa shape index (κ2) is 9.30. The molecule has 1 amide bonds. The van der Waals surface area contributed by atoms with Crippen LogP contribution in [0.1, 0.15) is 19.8 Å². The third kappa shape index (κ3) is 6.22. The Hall–Kier alpha value is -2.05. The van der Waals surface area contributed by atoms with Crippen LogP contribution in [0.2, 0.25) is 5.02 Å². The van der Waals surface area contributed by atoms with E-state index in [1.165, 1.54) is 0 Å². The van der Waals surface area contributed by atoms with Gasteiger partial charge in [0.05, 0.1) is 0 Å². The SMILES string of the molecule is COCCCn1ccc(NC(C)CC(=O)Nc2cccc(Cl)c2)n1. The number of hydrogen-bond donors (Lipinski definition) is 2. The van der Waals surface area contributed by atoms with Gasteiger partial charge in [-0.05, 0) is 31.5 Å². The fourth-order valence-electron chi connectivity index (χ4n) is 2.29. The fourth-order valence-corrected chi connectivity index (χ4v) is 2.48. The van der Waals surface area contributed by atoms with Crippen LogP contribution in [0.5, 0.6) is 0 Å². The van der Waals surface area contributed by atoms with Crippen LogP contribution in [0, 0.1) is 0 Å². The lowest BCUT2D eigenvalue weighted by molar-refractivity contribution is -0.116. The largest absolute Gasteiger partial charge is 0.385 e. The number of nitrogens with zero attached hydrogens (tertiary/aromatic N) is 2. The van der Waals surface area contributed by atoms with E-state index < -0.39 is 0 Å². The Balaban J connectivity index is 1.78. The molecule has 0 saturated carbocycles. The van der Waals surface area contributed by atoms with Crippen LogP contribution in [-0.2, 0) is 16.1 Å². The number of benzene rings is 1. The minimum atomic E-state index is -0.0724. The Labute approximate surface area is 147 Å². The maximum absolute atomic E-state index is 12.1. The molecule has 2 N–H and O–H groups in total. The molecular weight excluding hydrogens is 328 g/mol. The molecule has 0 saturated heterocycles. The van der Waals surface area contributed by atoms with E-state index >= 15 is 0 Å². The normalized spacial score (nSPS) is 12.0. The van der Waals surface area contributed by atoms with E-state index in [0.717, 1.165) is 18.8 Å². The van der Waals surface area contributed by atoms with Crippen molar-refractivity contribution >= 4 is 29.0 Å². The number of aromatic nitrogens is 2. The van der Waals surface area contributed by atoms with E-state index in [0.29, 0.717) is 23.7 Å². The Morgan fingerprint density at radius 2 is 2.25 bits per heavy atom. The second-order valence-corrected chi connectivity index (χ2v) is 6.05. The molecule has 0 radical (unpaired) electrons. The van der Waals surface area contributed by atoms with Gasteiger partial charge in [-0.3, -0.25) is 9.48 Å². The third-order valence-corrected chi connectivity index (χ3v) is 3.61. The molecule has 0 bridgehead atoms. The van der Waals surface area contributed by atoms with Crippen molar-refractivity contribution in [1.82, 2.24) is 9.78 Å². The number of methoxy groups -OCH3 is 1. The lowest BCUT2D eigenvalue weighted by Gasteiger charge is -2.13. The van der Waals surface area contributed by atoms with E-state index in [1.54, 1.807) is 25.3 Å². The van der Waals surface area contributed by atoms with Gasteiger partial charge in [0.25, 0.3) is 0 Å². The molecule has 7 heteroatoms. The Bertz CT molecular complexity index is 660. The van der Waals surface area contributed by atoms with Crippen LogP contribution < -0.4 is 10.6 Å². The average Bonchev–Trinajstić information content (AvgIpc) is 2.94. The molecule has 24 heavy (non-hydrogen) atoms. The van der Waals surface area contributed by atoms with Crippen LogP contribution in [0.25, 0.3) is 0 Å². The molecule has 1 aromatic heterocycles. The quantitative estimate of drug-likeness (QED) is 0.680. The van der Waals surface area contributed by atoms with Gasteiger partial charge < -0.3 is 15.4 Å². The number of rotatable bonds is 9. The summed E-state index contributed by atoms with van der Waals surface area (Å²) in [6.45, 7) is 3.46. The molecule has 1 atom stereocenters. The van der Waals surface area contributed by atoms with Crippen molar-refractivity contribution in [3.05, 3.63) is 41.6 Å². The van der Waals surface area contributed by atoms with Crippen LogP contribution in [-0.4, -0.2) is 35.4 Å². The summed E-state index contributed by atoms with van der Waals surface area (Å²) in [5.74, 6) is 0.687. The van der Waals surface area contributed by atoms with Crippen LogP contribution >= 0.6 is 11.6 Å². The predicted molar refractivity (Wildman–Crippen MR) is 96.5 cm³/mol. The number of hydrogen-bond acceptors (Lipinski definition) is 4. The average molecular weight is 351 g/mol. The van der Waals surface area contributed by atoms with E-state index in [-0.39, 0.29) is 11.9 Å². The topological polar surface area (TPSA) is 68.2 Å². The lowest BCUT2D eigenvalue weighted by Crippen LogP contribution is -2.24. The zero-order valence-corrected chi connectivity index (χ0v) is 14.7. The molecule has 2 aromatic rings. The van der Waals surface area contributed by atoms with E-state index in [4.69, 9.17) is 16.3 Å². The fraction of sp³-hybridized carbons (Fsp3) is 0.412. The van der Waals surface area contributed by atoms with Crippen molar-refractivity contribution in [3.8, 4) is 0 Å². The number of ether oxygens (including phenoxy) is 1. The van der Waals surface area contributed by atoms with Gasteiger partial charge in [0.2, 0.25) is 5.91 Å². The first-order valence-corrected chi connectivity index (χ1v) is 8.29. The van der Waals surface area contributed by atoms with E-state index in [1.807, 2.05) is 29.9 Å². The van der Waals surface area contributed by atoms with Crippen LogP contribution in [0.4, 0.5) is 11.5 Å². The molecule has 0 aliphatic heterocycles. The summed E-state index contributed by atoms with van der Waals surface area (Å²) >= 11 is 5.91.